The van der Waals surface area contributed by atoms with E-state index in [4.69, 9.17) is 5.26 Å². The van der Waals surface area contributed by atoms with Crippen LogP contribution >= 0.6 is 0 Å². The SMILES string of the molecule is C[C@H](CC#N)[C@@H](NC(=O)c1ccnc2ccccc12)C(=O)O. The number of hydrogen-bond acceptors (Lipinski definition) is 4. The number of rotatable bonds is 5. The smallest absolute Gasteiger partial charge is 0.326 e. The van der Waals surface area contributed by atoms with Gasteiger partial charge in [-0.1, -0.05) is 25.1 Å². The van der Waals surface area contributed by atoms with Crippen LogP contribution in [0.4, 0.5) is 0 Å². The second-order valence-corrected chi connectivity index (χ2v) is 5.00. The predicted molar refractivity (Wildman–Crippen MR) is 80.0 cm³/mol. The molecule has 0 aliphatic heterocycles. The Morgan fingerprint density at radius 3 is 2.77 bits per heavy atom. The van der Waals surface area contributed by atoms with Gasteiger partial charge >= 0.3 is 5.97 Å². The van der Waals surface area contributed by atoms with E-state index in [1.807, 2.05) is 12.1 Å². The number of fused-ring (bicyclic) bond motifs is 1. The number of para-hydroxylation sites is 1. The minimum Gasteiger partial charge on any atom is -0.480 e. The molecule has 0 bridgehead atoms. The van der Waals surface area contributed by atoms with E-state index in [1.54, 1.807) is 31.2 Å². The van der Waals surface area contributed by atoms with Crippen LogP contribution in [0.1, 0.15) is 23.7 Å². The average Bonchev–Trinajstić information content (AvgIpc) is 2.51. The molecule has 6 heteroatoms. The van der Waals surface area contributed by atoms with Crippen LogP contribution in [-0.4, -0.2) is 28.0 Å². The molecule has 0 saturated carbocycles. The van der Waals surface area contributed by atoms with Crippen molar-refractivity contribution in [2.75, 3.05) is 0 Å². The number of pyridine rings is 1. The van der Waals surface area contributed by atoms with Gasteiger partial charge in [0.25, 0.3) is 5.91 Å². The van der Waals surface area contributed by atoms with Crippen molar-refractivity contribution in [2.45, 2.75) is 19.4 Å². The Morgan fingerprint density at radius 2 is 2.09 bits per heavy atom. The number of aliphatic carboxylic acids is 1. The zero-order valence-corrected chi connectivity index (χ0v) is 12.0. The van der Waals surface area contributed by atoms with Gasteiger partial charge in [-0.3, -0.25) is 9.78 Å². The summed E-state index contributed by atoms with van der Waals surface area (Å²) in [5.74, 6) is -2.13. The summed E-state index contributed by atoms with van der Waals surface area (Å²) >= 11 is 0. The maximum atomic E-state index is 12.4. The predicted octanol–water partition coefficient (Wildman–Crippen LogP) is 1.97. The summed E-state index contributed by atoms with van der Waals surface area (Å²) in [5, 5.41) is 21.1. The van der Waals surface area contributed by atoms with Crippen LogP contribution in [0.3, 0.4) is 0 Å². The van der Waals surface area contributed by atoms with E-state index < -0.39 is 23.8 Å². The highest BCUT2D eigenvalue weighted by atomic mass is 16.4. The van der Waals surface area contributed by atoms with Gasteiger partial charge in [0.1, 0.15) is 6.04 Å². The molecule has 0 spiro atoms. The number of carboxylic acid groups (broad SMARTS) is 1. The topological polar surface area (TPSA) is 103 Å². The van der Waals surface area contributed by atoms with Gasteiger partial charge in [-0.2, -0.15) is 5.26 Å². The average molecular weight is 297 g/mol. The van der Waals surface area contributed by atoms with Gasteiger partial charge in [-0.05, 0) is 12.1 Å². The number of benzene rings is 1. The van der Waals surface area contributed by atoms with Crippen LogP contribution in [0.15, 0.2) is 36.5 Å². The fourth-order valence-electron chi connectivity index (χ4n) is 2.22. The first-order valence-electron chi connectivity index (χ1n) is 6.79. The monoisotopic (exact) mass is 297 g/mol. The number of aromatic nitrogens is 1. The molecule has 22 heavy (non-hydrogen) atoms. The van der Waals surface area contributed by atoms with E-state index in [-0.39, 0.29) is 6.42 Å². The normalized spacial score (nSPS) is 13.1. The molecule has 1 aromatic heterocycles. The highest BCUT2D eigenvalue weighted by Crippen LogP contribution is 2.17. The molecule has 1 aromatic carbocycles. The summed E-state index contributed by atoms with van der Waals surface area (Å²) in [6.45, 7) is 1.62. The Labute approximate surface area is 127 Å². The lowest BCUT2D eigenvalue weighted by molar-refractivity contribution is -0.140. The molecule has 1 amide bonds. The first-order valence-corrected chi connectivity index (χ1v) is 6.79. The van der Waals surface area contributed by atoms with Gasteiger partial charge in [0.15, 0.2) is 0 Å². The lowest BCUT2D eigenvalue weighted by Gasteiger charge is -2.19. The molecule has 2 rings (SSSR count). The van der Waals surface area contributed by atoms with E-state index in [0.717, 1.165) is 0 Å². The van der Waals surface area contributed by atoms with Crippen LogP contribution < -0.4 is 5.32 Å². The molecule has 0 aliphatic carbocycles. The van der Waals surface area contributed by atoms with Gasteiger partial charge in [0, 0.05) is 23.9 Å². The maximum Gasteiger partial charge on any atom is 0.326 e. The summed E-state index contributed by atoms with van der Waals surface area (Å²) in [5.41, 5.74) is 1.02. The van der Waals surface area contributed by atoms with Gasteiger partial charge in [0.05, 0.1) is 17.1 Å². The number of carbonyl (C=O) groups excluding carboxylic acids is 1. The first kappa shape index (κ1) is 15.4. The van der Waals surface area contributed by atoms with E-state index >= 15 is 0 Å². The minimum absolute atomic E-state index is 0.0499. The Balaban J connectivity index is 2.30. The van der Waals surface area contributed by atoms with Crippen LogP contribution in [0, 0.1) is 17.2 Å². The summed E-state index contributed by atoms with van der Waals surface area (Å²) in [6.07, 6.45) is 1.56. The minimum atomic E-state index is -1.16. The van der Waals surface area contributed by atoms with Gasteiger partial charge in [-0.25, -0.2) is 4.79 Å². The van der Waals surface area contributed by atoms with Gasteiger partial charge in [-0.15, -0.1) is 0 Å². The molecule has 0 saturated heterocycles. The summed E-state index contributed by atoms with van der Waals surface area (Å²) in [4.78, 5) is 27.9. The number of carbonyl (C=O) groups is 2. The van der Waals surface area contributed by atoms with Crippen molar-refractivity contribution < 1.29 is 14.7 Å². The summed E-state index contributed by atoms with van der Waals surface area (Å²) < 4.78 is 0. The molecular weight excluding hydrogens is 282 g/mol. The second-order valence-electron chi connectivity index (χ2n) is 5.00. The fourth-order valence-corrected chi connectivity index (χ4v) is 2.22. The molecule has 0 unspecified atom stereocenters. The third-order valence-electron chi connectivity index (χ3n) is 3.43. The number of nitriles is 1. The highest BCUT2D eigenvalue weighted by molar-refractivity contribution is 6.06. The number of nitrogens with one attached hydrogen (secondary N) is 1. The molecule has 2 N–H and O–H groups in total. The van der Waals surface area contributed by atoms with Crippen molar-refractivity contribution in [3.63, 3.8) is 0 Å². The third-order valence-corrected chi connectivity index (χ3v) is 3.43. The van der Waals surface area contributed by atoms with Crippen LogP contribution in [-0.2, 0) is 4.79 Å². The first-order chi connectivity index (χ1) is 10.5. The Kier molecular flexibility index (Phi) is 4.69. The number of nitrogens with zero attached hydrogens (tertiary/aromatic N) is 2. The molecule has 6 nitrogen and oxygen atoms in total. The van der Waals surface area contributed by atoms with Crippen molar-refractivity contribution in [2.24, 2.45) is 5.92 Å². The Hall–Kier alpha value is -2.94. The lowest BCUT2D eigenvalue weighted by atomic mass is 9.98. The summed E-state index contributed by atoms with van der Waals surface area (Å²) in [6, 6.07) is 9.49. The van der Waals surface area contributed by atoms with E-state index in [1.165, 1.54) is 6.20 Å². The molecule has 0 aliphatic rings. The molecule has 112 valence electrons. The van der Waals surface area contributed by atoms with Crippen molar-refractivity contribution in [1.82, 2.24) is 10.3 Å². The van der Waals surface area contributed by atoms with Gasteiger partial charge < -0.3 is 10.4 Å². The van der Waals surface area contributed by atoms with Crippen molar-refractivity contribution >= 4 is 22.8 Å². The standard InChI is InChI=1S/C16H15N3O3/c1-10(6-8-17)14(16(21)22)19-15(20)12-7-9-18-13-5-3-2-4-11(12)13/h2-5,7,9-10,14H,6H2,1H3,(H,19,20)(H,21,22)/t10-,14-/m1/s1. The molecular formula is C16H15N3O3. The second kappa shape index (κ2) is 6.68. The molecule has 2 aromatic rings. The number of carboxylic acids is 1. The van der Waals surface area contributed by atoms with Gasteiger partial charge in [0.2, 0.25) is 0 Å². The highest BCUT2D eigenvalue weighted by Gasteiger charge is 2.27. The molecule has 2 atom stereocenters. The summed E-state index contributed by atoms with van der Waals surface area (Å²) in [7, 11) is 0. The van der Waals surface area contributed by atoms with Crippen molar-refractivity contribution in [1.29, 1.82) is 5.26 Å². The van der Waals surface area contributed by atoms with Crippen molar-refractivity contribution in [3.8, 4) is 6.07 Å². The fraction of sp³-hybridized carbons (Fsp3) is 0.250. The van der Waals surface area contributed by atoms with Crippen molar-refractivity contribution in [3.05, 3.63) is 42.1 Å². The lowest BCUT2D eigenvalue weighted by Crippen LogP contribution is -2.45. The molecule has 1 heterocycles. The Morgan fingerprint density at radius 1 is 1.36 bits per heavy atom. The van der Waals surface area contributed by atoms with E-state index in [2.05, 4.69) is 10.3 Å². The molecule has 0 radical (unpaired) electrons. The maximum absolute atomic E-state index is 12.4. The van der Waals surface area contributed by atoms with E-state index in [9.17, 15) is 14.7 Å². The van der Waals surface area contributed by atoms with Crippen LogP contribution in [0.2, 0.25) is 0 Å². The third kappa shape index (κ3) is 3.20. The largest absolute Gasteiger partial charge is 0.480 e. The van der Waals surface area contributed by atoms with Crippen LogP contribution in [0.5, 0.6) is 0 Å². The molecule has 0 fully saturated rings. The number of hydrogen-bond donors (Lipinski definition) is 2. The number of amides is 1. The Bertz CT molecular complexity index is 746. The zero-order valence-electron chi connectivity index (χ0n) is 12.0. The zero-order chi connectivity index (χ0) is 16.1. The van der Waals surface area contributed by atoms with E-state index in [0.29, 0.717) is 16.5 Å². The quantitative estimate of drug-likeness (QED) is 0.878. The van der Waals surface area contributed by atoms with Crippen LogP contribution in [0.25, 0.3) is 10.9 Å².